The molecule has 1 saturated heterocycles. The molecule has 0 saturated carbocycles. The molecule has 1 amide bonds. The normalized spacial score (nSPS) is 23.6. The number of anilines is 2. The molecule has 2 heterocycles. The third-order valence-corrected chi connectivity index (χ3v) is 4.62. The zero-order valence-corrected chi connectivity index (χ0v) is 13.0. The van der Waals surface area contributed by atoms with Crippen LogP contribution in [0.25, 0.3) is 0 Å². The number of nitrogens with zero attached hydrogens (tertiary/aromatic N) is 2. The lowest BCUT2D eigenvalue weighted by Crippen LogP contribution is -2.42. The van der Waals surface area contributed by atoms with Crippen molar-refractivity contribution in [2.45, 2.75) is 19.8 Å². The molecular weight excluding hydrogens is 262 g/mol. The predicted octanol–water partition coefficient (Wildman–Crippen LogP) is 2.11. The van der Waals surface area contributed by atoms with Gasteiger partial charge in [0.2, 0.25) is 5.91 Å². The Kier molecular flexibility index (Phi) is 4.15. The first-order valence-electron chi connectivity index (χ1n) is 7.99. The lowest BCUT2D eigenvalue weighted by molar-refractivity contribution is -0.123. The van der Waals surface area contributed by atoms with Crippen molar-refractivity contribution in [3.63, 3.8) is 0 Å². The number of carbonyl (C=O) groups is 1. The molecule has 1 aromatic carbocycles. The van der Waals surface area contributed by atoms with E-state index in [1.165, 1.54) is 5.69 Å². The quantitative estimate of drug-likeness (QED) is 0.859. The highest BCUT2D eigenvalue weighted by Gasteiger charge is 2.31. The number of carbonyl (C=O) groups excluding carboxylic acids is 1. The average molecular weight is 287 g/mol. The summed E-state index contributed by atoms with van der Waals surface area (Å²) in [5.74, 6) is 0.967. The maximum atomic E-state index is 13.0. The van der Waals surface area contributed by atoms with Crippen LogP contribution >= 0.6 is 0 Å². The number of piperidine rings is 1. The molecule has 2 aliphatic heterocycles. The molecule has 4 nitrogen and oxygen atoms in total. The van der Waals surface area contributed by atoms with Crippen molar-refractivity contribution in [2.24, 2.45) is 11.8 Å². The second kappa shape index (κ2) is 6.06. The molecule has 0 radical (unpaired) electrons. The summed E-state index contributed by atoms with van der Waals surface area (Å²) >= 11 is 0. The van der Waals surface area contributed by atoms with E-state index >= 15 is 0 Å². The molecule has 1 unspecified atom stereocenters. The molecule has 0 aromatic heterocycles. The smallest absolute Gasteiger partial charge is 0.230 e. The Bertz CT molecular complexity index is 511. The van der Waals surface area contributed by atoms with Gasteiger partial charge in [0, 0.05) is 26.1 Å². The minimum absolute atomic E-state index is 0.176. The first-order chi connectivity index (χ1) is 10.2. The summed E-state index contributed by atoms with van der Waals surface area (Å²) in [4.78, 5) is 17.3. The van der Waals surface area contributed by atoms with Gasteiger partial charge in [0.15, 0.2) is 0 Å². The number of rotatable bonds is 1. The van der Waals surface area contributed by atoms with E-state index in [1.807, 2.05) is 11.0 Å². The fourth-order valence-electron chi connectivity index (χ4n) is 3.55. The van der Waals surface area contributed by atoms with Crippen LogP contribution in [0.3, 0.4) is 0 Å². The molecule has 21 heavy (non-hydrogen) atoms. The van der Waals surface area contributed by atoms with Gasteiger partial charge in [0.05, 0.1) is 11.4 Å². The number of nitrogens with one attached hydrogen (secondary N) is 1. The zero-order valence-electron chi connectivity index (χ0n) is 13.0. The minimum atomic E-state index is 0.176. The van der Waals surface area contributed by atoms with Crippen molar-refractivity contribution in [1.29, 1.82) is 0 Å². The number of para-hydroxylation sites is 2. The van der Waals surface area contributed by atoms with Crippen molar-refractivity contribution >= 4 is 17.3 Å². The second-order valence-electron chi connectivity index (χ2n) is 6.45. The van der Waals surface area contributed by atoms with E-state index in [4.69, 9.17) is 0 Å². The summed E-state index contributed by atoms with van der Waals surface area (Å²) in [6.45, 7) is 5.96. The largest absolute Gasteiger partial charge is 0.373 e. The highest BCUT2D eigenvalue weighted by atomic mass is 16.2. The van der Waals surface area contributed by atoms with Crippen LogP contribution in [0.1, 0.15) is 19.8 Å². The van der Waals surface area contributed by atoms with Crippen LogP contribution in [-0.2, 0) is 4.79 Å². The fraction of sp³-hybridized carbons (Fsp3) is 0.588. The molecular formula is C17H25N3O. The highest BCUT2D eigenvalue weighted by molar-refractivity contribution is 5.98. The Morgan fingerprint density at radius 3 is 2.52 bits per heavy atom. The Morgan fingerprint density at radius 2 is 1.81 bits per heavy atom. The van der Waals surface area contributed by atoms with Gasteiger partial charge in [-0.25, -0.2) is 0 Å². The molecule has 1 aromatic rings. The standard InChI is InChI=1S/C17H25N3O/c1-13-11-19(2)15-5-3-4-6-16(15)20(12-13)17(21)14-7-9-18-10-8-14/h3-6,13-14,18H,7-12H2,1-2H3. The maximum absolute atomic E-state index is 13.0. The molecule has 1 N–H and O–H groups in total. The van der Waals surface area contributed by atoms with Crippen LogP contribution < -0.4 is 15.1 Å². The van der Waals surface area contributed by atoms with Gasteiger partial charge in [-0.3, -0.25) is 4.79 Å². The van der Waals surface area contributed by atoms with E-state index < -0.39 is 0 Å². The maximum Gasteiger partial charge on any atom is 0.230 e. The summed E-state index contributed by atoms with van der Waals surface area (Å²) in [6.07, 6.45) is 1.92. The Morgan fingerprint density at radius 1 is 1.14 bits per heavy atom. The van der Waals surface area contributed by atoms with E-state index in [1.54, 1.807) is 0 Å². The molecule has 0 spiro atoms. The van der Waals surface area contributed by atoms with E-state index in [-0.39, 0.29) is 5.92 Å². The van der Waals surface area contributed by atoms with E-state index in [0.717, 1.165) is 44.7 Å². The van der Waals surface area contributed by atoms with Gasteiger partial charge < -0.3 is 15.1 Å². The monoisotopic (exact) mass is 287 g/mol. The van der Waals surface area contributed by atoms with E-state index in [2.05, 4.69) is 42.4 Å². The number of hydrogen-bond donors (Lipinski definition) is 1. The summed E-state index contributed by atoms with van der Waals surface area (Å²) in [6, 6.07) is 8.29. The third-order valence-electron chi connectivity index (χ3n) is 4.62. The summed E-state index contributed by atoms with van der Waals surface area (Å²) in [7, 11) is 2.12. The van der Waals surface area contributed by atoms with Crippen LogP contribution in [0, 0.1) is 11.8 Å². The van der Waals surface area contributed by atoms with Gasteiger partial charge in [0.25, 0.3) is 0 Å². The molecule has 114 valence electrons. The van der Waals surface area contributed by atoms with Crippen molar-refractivity contribution in [3.8, 4) is 0 Å². The van der Waals surface area contributed by atoms with Gasteiger partial charge in [-0.05, 0) is 44.0 Å². The molecule has 2 aliphatic rings. The summed E-state index contributed by atoms with van der Waals surface area (Å²) < 4.78 is 0. The molecule has 1 atom stereocenters. The Balaban J connectivity index is 1.92. The van der Waals surface area contributed by atoms with Crippen LogP contribution in [0.15, 0.2) is 24.3 Å². The summed E-state index contributed by atoms with van der Waals surface area (Å²) in [5.41, 5.74) is 2.25. The van der Waals surface area contributed by atoms with Crippen molar-refractivity contribution < 1.29 is 4.79 Å². The van der Waals surface area contributed by atoms with Crippen molar-refractivity contribution in [1.82, 2.24) is 5.32 Å². The molecule has 1 fully saturated rings. The SMILES string of the molecule is CC1CN(C)c2ccccc2N(C(=O)C2CCNCC2)C1. The second-order valence-corrected chi connectivity index (χ2v) is 6.45. The van der Waals surface area contributed by atoms with E-state index in [0.29, 0.717) is 11.8 Å². The number of fused-ring (bicyclic) bond motifs is 1. The number of benzene rings is 1. The number of hydrogen-bond acceptors (Lipinski definition) is 3. The fourth-order valence-corrected chi connectivity index (χ4v) is 3.55. The predicted molar refractivity (Wildman–Crippen MR) is 86.8 cm³/mol. The molecule has 0 bridgehead atoms. The van der Waals surface area contributed by atoms with Crippen LogP contribution in [0.2, 0.25) is 0 Å². The van der Waals surface area contributed by atoms with Crippen LogP contribution in [-0.4, -0.2) is 39.1 Å². The average Bonchev–Trinajstić information content (AvgIpc) is 2.64. The third kappa shape index (κ3) is 2.91. The zero-order chi connectivity index (χ0) is 14.8. The lowest BCUT2D eigenvalue weighted by Gasteiger charge is -2.30. The molecule has 0 aliphatic carbocycles. The highest BCUT2D eigenvalue weighted by Crippen LogP contribution is 2.34. The van der Waals surface area contributed by atoms with Crippen LogP contribution in [0.5, 0.6) is 0 Å². The minimum Gasteiger partial charge on any atom is -0.373 e. The van der Waals surface area contributed by atoms with Gasteiger partial charge in [-0.2, -0.15) is 0 Å². The number of amides is 1. The topological polar surface area (TPSA) is 35.6 Å². The molecule has 3 rings (SSSR count). The van der Waals surface area contributed by atoms with Gasteiger partial charge in [-0.1, -0.05) is 19.1 Å². The molecule has 4 heteroatoms. The Labute approximate surface area is 127 Å². The van der Waals surface area contributed by atoms with Gasteiger partial charge >= 0.3 is 0 Å². The van der Waals surface area contributed by atoms with E-state index in [9.17, 15) is 4.79 Å². The first-order valence-corrected chi connectivity index (χ1v) is 7.99. The Hall–Kier alpha value is -1.55. The van der Waals surface area contributed by atoms with Gasteiger partial charge in [-0.15, -0.1) is 0 Å². The first kappa shape index (κ1) is 14.4. The van der Waals surface area contributed by atoms with Crippen molar-refractivity contribution in [3.05, 3.63) is 24.3 Å². The van der Waals surface area contributed by atoms with Gasteiger partial charge in [0.1, 0.15) is 0 Å². The lowest BCUT2D eigenvalue weighted by atomic mass is 9.96. The van der Waals surface area contributed by atoms with Crippen molar-refractivity contribution in [2.75, 3.05) is 43.0 Å². The summed E-state index contributed by atoms with van der Waals surface area (Å²) in [5, 5.41) is 3.34. The van der Waals surface area contributed by atoms with Crippen LogP contribution in [0.4, 0.5) is 11.4 Å².